The molecule has 0 aliphatic heterocycles. The second kappa shape index (κ2) is 5.11. The van der Waals surface area contributed by atoms with E-state index in [2.05, 4.69) is 0 Å². The molecule has 4 rings (SSSR count). The van der Waals surface area contributed by atoms with Gasteiger partial charge in [0, 0.05) is 29.8 Å². The minimum Gasteiger partial charge on any atom is -0.385 e. The molecule has 1 N–H and O–H groups in total. The van der Waals surface area contributed by atoms with Crippen molar-refractivity contribution >= 4 is 32.1 Å². The van der Waals surface area contributed by atoms with E-state index in [-0.39, 0.29) is 16.2 Å². The van der Waals surface area contributed by atoms with Gasteiger partial charge in [0.15, 0.2) is 9.84 Å². The fraction of sp³-hybridized carbons (Fsp3) is 0.250. The van der Waals surface area contributed by atoms with E-state index >= 15 is 0 Å². The largest absolute Gasteiger partial charge is 0.385 e. The Morgan fingerprint density at radius 2 is 2.08 bits per heavy atom. The van der Waals surface area contributed by atoms with Gasteiger partial charge in [-0.1, -0.05) is 0 Å². The predicted molar refractivity (Wildman–Crippen MR) is 87.8 cm³/mol. The summed E-state index contributed by atoms with van der Waals surface area (Å²) in [6.45, 7) is 0. The Hall–Kier alpha value is -1.77. The molecular formula is C16H13F2NO3S2. The average Bonchev–Trinajstić information content (AvgIpc) is 3.13. The SMILES string of the molecule is CS(=O)(=O)c1sc(-n2ccc3ccc(F)cc32)c2c1[C@H](O)[C@@H](F)C2. The van der Waals surface area contributed by atoms with Crippen LogP contribution < -0.4 is 0 Å². The maximum atomic E-state index is 14.0. The van der Waals surface area contributed by atoms with E-state index in [1.165, 1.54) is 12.1 Å². The van der Waals surface area contributed by atoms with Crippen molar-refractivity contribution in [1.82, 2.24) is 4.57 Å². The molecule has 1 aliphatic rings. The third-order valence-corrected chi connectivity index (χ3v) is 7.33. The van der Waals surface area contributed by atoms with Crippen molar-refractivity contribution in [2.75, 3.05) is 6.26 Å². The lowest BCUT2D eigenvalue weighted by Crippen LogP contribution is -2.09. The highest BCUT2D eigenvalue weighted by Gasteiger charge is 2.40. The molecule has 0 amide bonds. The monoisotopic (exact) mass is 369 g/mol. The summed E-state index contributed by atoms with van der Waals surface area (Å²) in [6, 6.07) is 6.09. The average molecular weight is 369 g/mol. The van der Waals surface area contributed by atoms with Crippen molar-refractivity contribution < 1.29 is 22.3 Å². The summed E-state index contributed by atoms with van der Waals surface area (Å²) >= 11 is 0.979. The first-order valence-corrected chi connectivity index (χ1v) is 9.93. The van der Waals surface area contributed by atoms with Gasteiger partial charge in [-0.2, -0.15) is 0 Å². The molecule has 0 fully saturated rings. The molecule has 4 nitrogen and oxygen atoms in total. The van der Waals surface area contributed by atoms with E-state index < -0.39 is 27.9 Å². The van der Waals surface area contributed by atoms with Crippen molar-refractivity contribution in [3.05, 3.63) is 47.4 Å². The summed E-state index contributed by atoms with van der Waals surface area (Å²) in [5.74, 6) is -0.414. The van der Waals surface area contributed by atoms with Crippen molar-refractivity contribution in [3.63, 3.8) is 0 Å². The van der Waals surface area contributed by atoms with E-state index in [9.17, 15) is 22.3 Å². The van der Waals surface area contributed by atoms with E-state index in [4.69, 9.17) is 0 Å². The number of aliphatic hydroxyl groups is 1. The zero-order valence-electron chi connectivity index (χ0n) is 12.5. The minimum atomic E-state index is -3.61. The number of hydrogen-bond acceptors (Lipinski definition) is 4. The summed E-state index contributed by atoms with van der Waals surface area (Å²) < 4.78 is 53.3. The molecule has 0 saturated carbocycles. The molecule has 2 aromatic heterocycles. The Kier molecular flexibility index (Phi) is 3.35. The number of benzene rings is 1. The van der Waals surface area contributed by atoms with Gasteiger partial charge >= 0.3 is 0 Å². The van der Waals surface area contributed by atoms with Gasteiger partial charge in [0.2, 0.25) is 0 Å². The van der Waals surface area contributed by atoms with Gasteiger partial charge in [-0.3, -0.25) is 0 Å². The fourth-order valence-electron chi connectivity index (χ4n) is 3.18. The number of fused-ring (bicyclic) bond motifs is 2. The van der Waals surface area contributed by atoms with Crippen LogP contribution in [-0.4, -0.2) is 30.5 Å². The van der Waals surface area contributed by atoms with Gasteiger partial charge < -0.3 is 9.67 Å². The number of thiophene rings is 1. The fourth-order valence-corrected chi connectivity index (χ4v) is 5.76. The van der Waals surface area contributed by atoms with Gasteiger partial charge in [-0.15, -0.1) is 11.3 Å². The van der Waals surface area contributed by atoms with Gasteiger partial charge in [-0.05, 0) is 29.8 Å². The topological polar surface area (TPSA) is 59.3 Å². The van der Waals surface area contributed by atoms with Gasteiger partial charge in [0.25, 0.3) is 0 Å². The molecule has 126 valence electrons. The number of halogens is 2. The smallest absolute Gasteiger partial charge is 0.185 e. The molecule has 0 radical (unpaired) electrons. The lowest BCUT2D eigenvalue weighted by Gasteiger charge is -2.07. The van der Waals surface area contributed by atoms with Crippen LogP contribution in [0.5, 0.6) is 0 Å². The molecule has 0 saturated heterocycles. The summed E-state index contributed by atoms with van der Waals surface area (Å²) in [6.07, 6.45) is -0.323. The minimum absolute atomic E-state index is 0.0293. The van der Waals surface area contributed by atoms with Crippen LogP contribution in [0, 0.1) is 5.82 Å². The first-order valence-electron chi connectivity index (χ1n) is 7.22. The van der Waals surface area contributed by atoms with Gasteiger partial charge in [0.1, 0.15) is 27.3 Å². The number of rotatable bonds is 2. The first kappa shape index (κ1) is 15.7. The second-order valence-electron chi connectivity index (χ2n) is 5.91. The third kappa shape index (κ3) is 2.21. The first-order chi connectivity index (χ1) is 11.3. The highest BCUT2D eigenvalue weighted by atomic mass is 32.2. The molecule has 8 heteroatoms. The van der Waals surface area contributed by atoms with Gasteiger partial charge in [-0.25, -0.2) is 17.2 Å². The van der Waals surface area contributed by atoms with Crippen LogP contribution in [0.15, 0.2) is 34.7 Å². The van der Waals surface area contributed by atoms with Gasteiger partial charge in [0.05, 0.1) is 5.52 Å². The molecule has 0 bridgehead atoms. The van der Waals surface area contributed by atoms with Crippen molar-refractivity contribution in [2.24, 2.45) is 0 Å². The maximum Gasteiger partial charge on any atom is 0.185 e. The van der Waals surface area contributed by atoms with Crippen LogP contribution in [0.4, 0.5) is 8.78 Å². The highest BCUT2D eigenvalue weighted by Crippen LogP contribution is 2.46. The summed E-state index contributed by atoms with van der Waals surface area (Å²) in [5, 5.41) is 11.4. The molecule has 2 heterocycles. The van der Waals surface area contributed by atoms with Crippen LogP contribution in [0.25, 0.3) is 15.9 Å². The molecule has 24 heavy (non-hydrogen) atoms. The standard InChI is InChI=1S/C16H13F2NO3S2/c1-24(21,22)16-13-10(7-11(18)14(13)20)15(23-16)19-5-4-8-2-3-9(17)6-12(8)19/h2-6,11,14,20H,7H2,1H3/t11-,14+/m0/s1. The second-order valence-corrected chi connectivity index (χ2v) is 9.12. The zero-order chi connectivity index (χ0) is 17.2. The molecule has 1 aromatic carbocycles. The summed E-state index contributed by atoms with van der Waals surface area (Å²) in [4.78, 5) is 0. The van der Waals surface area contributed by atoms with E-state index in [0.29, 0.717) is 16.1 Å². The Morgan fingerprint density at radius 1 is 1.33 bits per heavy atom. The molecule has 1 aliphatic carbocycles. The highest BCUT2D eigenvalue weighted by molar-refractivity contribution is 7.92. The number of aromatic nitrogens is 1. The van der Waals surface area contributed by atoms with Crippen molar-refractivity contribution in [3.8, 4) is 5.00 Å². The quantitative estimate of drug-likeness (QED) is 0.755. The molecule has 2 atom stereocenters. The molecule has 3 aromatic rings. The van der Waals surface area contributed by atoms with Crippen LogP contribution in [0.2, 0.25) is 0 Å². The summed E-state index contributed by atoms with van der Waals surface area (Å²) in [5.41, 5.74) is 1.18. The van der Waals surface area contributed by atoms with Crippen LogP contribution in [-0.2, 0) is 16.3 Å². The Balaban J connectivity index is 2.03. The number of nitrogens with zero attached hydrogens (tertiary/aromatic N) is 1. The van der Waals surface area contributed by atoms with Crippen LogP contribution in [0.3, 0.4) is 0 Å². The Labute approximate surface area is 140 Å². The summed E-state index contributed by atoms with van der Waals surface area (Å²) in [7, 11) is -3.61. The Morgan fingerprint density at radius 3 is 2.79 bits per heavy atom. The zero-order valence-corrected chi connectivity index (χ0v) is 14.2. The van der Waals surface area contributed by atoms with E-state index in [1.807, 2.05) is 0 Å². The molecule has 0 unspecified atom stereocenters. The number of sulfone groups is 1. The number of alkyl halides is 1. The van der Waals surface area contributed by atoms with Crippen LogP contribution >= 0.6 is 11.3 Å². The third-order valence-electron chi connectivity index (χ3n) is 4.24. The maximum absolute atomic E-state index is 14.0. The number of aliphatic hydroxyl groups excluding tert-OH is 1. The number of hydrogen-bond donors (Lipinski definition) is 1. The van der Waals surface area contributed by atoms with Crippen LogP contribution in [0.1, 0.15) is 17.2 Å². The van der Waals surface area contributed by atoms with E-state index in [0.717, 1.165) is 23.0 Å². The lowest BCUT2D eigenvalue weighted by molar-refractivity contribution is 0.0910. The normalized spacial score (nSPS) is 20.7. The molecular weight excluding hydrogens is 356 g/mol. The predicted octanol–water partition coefficient (Wildman–Crippen LogP) is 3.16. The van der Waals surface area contributed by atoms with Crippen molar-refractivity contribution in [1.29, 1.82) is 0 Å². The molecule has 0 spiro atoms. The lowest BCUT2D eigenvalue weighted by atomic mass is 10.2. The van der Waals surface area contributed by atoms with Crippen molar-refractivity contribution in [2.45, 2.75) is 22.9 Å². The van der Waals surface area contributed by atoms with E-state index in [1.54, 1.807) is 22.9 Å². The Bertz CT molecular complexity index is 1070.